The maximum Gasteiger partial charge on any atom is 0.338 e. The molecule has 0 amide bonds. The Hall–Kier alpha value is -3.42. The van der Waals surface area contributed by atoms with Gasteiger partial charge in [0.25, 0.3) is 0 Å². The number of hydrogen-bond donors (Lipinski definition) is 0. The van der Waals surface area contributed by atoms with E-state index in [1.165, 1.54) is 0 Å². The van der Waals surface area contributed by atoms with E-state index in [0.717, 1.165) is 5.56 Å². The molecule has 0 saturated carbocycles. The predicted octanol–water partition coefficient (Wildman–Crippen LogP) is 3.33. The van der Waals surface area contributed by atoms with Crippen LogP contribution >= 0.6 is 0 Å². The van der Waals surface area contributed by atoms with Gasteiger partial charge in [0.1, 0.15) is 0 Å². The van der Waals surface area contributed by atoms with E-state index in [2.05, 4.69) is 15.1 Å². The fourth-order valence-electron chi connectivity index (χ4n) is 2.51. The number of methoxy groups -OCH3 is 1. The van der Waals surface area contributed by atoms with Crippen molar-refractivity contribution in [1.29, 1.82) is 0 Å². The summed E-state index contributed by atoms with van der Waals surface area (Å²) in [7, 11) is 1.55. The average Bonchev–Trinajstić information content (AvgIpc) is 3.21. The van der Waals surface area contributed by atoms with E-state index in [4.69, 9.17) is 18.7 Å². The number of carbonyl (C=O) groups excluding carboxylic acids is 1. The molecule has 0 spiro atoms. The molecule has 0 radical (unpaired) electrons. The molecule has 8 nitrogen and oxygen atoms in total. The van der Waals surface area contributed by atoms with E-state index in [1.54, 1.807) is 43.8 Å². The highest BCUT2D eigenvalue weighted by Gasteiger charge is 2.13. The lowest BCUT2D eigenvalue weighted by molar-refractivity contribution is 0.0498. The Labute approximate surface area is 162 Å². The summed E-state index contributed by atoms with van der Waals surface area (Å²) in [6.45, 7) is 2.57. The Morgan fingerprint density at radius 1 is 1.21 bits per heavy atom. The standard InChI is InChI=1S/C20H21N3O5/c1-3-26-17-12-14(8-9-16(17)25-2)20(24)27-11-5-7-18-22-19(23-28-18)15-6-4-10-21-13-15/h4,6,8-10,12-13H,3,5,7,11H2,1-2H3. The van der Waals surface area contributed by atoms with Crippen molar-refractivity contribution >= 4 is 5.97 Å². The van der Waals surface area contributed by atoms with Gasteiger partial charge in [-0.3, -0.25) is 4.98 Å². The minimum Gasteiger partial charge on any atom is -0.493 e. The van der Waals surface area contributed by atoms with Gasteiger partial charge in [0.05, 0.1) is 25.9 Å². The third kappa shape index (κ3) is 4.85. The molecule has 2 heterocycles. The highest BCUT2D eigenvalue weighted by atomic mass is 16.5. The third-order valence-corrected chi connectivity index (χ3v) is 3.86. The molecule has 3 rings (SSSR count). The zero-order valence-electron chi connectivity index (χ0n) is 15.8. The number of aromatic nitrogens is 3. The van der Waals surface area contributed by atoms with Crippen molar-refractivity contribution < 1.29 is 23.5 Å². The summed E-state index contributed by atoms with van der Waals surface area (Å²) >= 11 is 0. The van der Waals surface area contributed by atoms with Crippen LogP contribution in [0.3, 0.4) is 0 Å². The lowest BCUT2D eigenvalue weighted by Crippen LogP contribution is -2.08. The first-order valence-electron chi connectivity index (χ1n) is 8.92. The van der Waals surface area contributed by atoms with Crippen LogP contribution < -0.4 is 9.47 Å². The number of aryl methyl sites for hydroxylation is 1. The van der Waals surface area contributed by atoms with Crippen LogP contribution in [0.1, 0.15) is 29.6 Å². The van der Waals surface area contributed by atoms with Gasteiger partial charge in [0.15, 0.2) is 11.5 Å². The highest BCUT2D eigenvalue weighted by molar-refractivity contribution is 5.90. The maximum atomic E-state index is 12.2. The molecule has 8 heteroatoms. The second kappa shape index (κ2) is 9.50. The first-order chi connectivity index (χ1) is 13.7. The van der Waals surface area contributed by atoms with Crippen molar-refractivity contribution in [2.45, 2.75) is 19.8 Å². The zero-order chi connectivity index (χ0) is 19.8. The number of esters is 1. The molecule has 0 atom stereocenters. The fraction of sp³-hybridized carbons (Fsp3) is 0.300. The van der Waals surface area contributed by atoms with Crippen LogP contribution in [0.2, 0.25) is 0 Å². The summed E-state index contributed by atoms with van der Waals surface area (Å²) < 4.78 is 21.2. The molecule has 0 aliphatic carbocycles. The first kappa shape index (κ1) is 19.3. The van der Waals surface area contributed by atoms with E-state index < -0.39 is 5.97 Å². The van der Waals surface area contributed by atoms with Crippen LogP contribution in [-0.2, 0) is 11.2 Å². The number of hydrogen-bond acceptors (Lipinski definition) is 8. The molecule has 0 aliphatic rings. The van der Waals surface area contributed by atoms with Crippen LogP contribution in [0, 0.1) is 0 Å². The van der Waals surface area contributed by atoms with E-state index >= 15 is 0 Å². The van der Waals surface area contributed by atoms with Crippen LogP contribution in [0.4, 0.5) is 0 Å². The second-order valence-corrected chi connectivity index (χ2v) is 5.79. The summed E-state index contributed by atoms with van der Waals surface area (Å²) in [5.41, 5.74) is 1.19. The number of benzene rings is 1. The molecule has 2 aromatic heterocycles. The van der Waals surface area contributed by atoms with Crippen LogP contribution in [0.5, 0.6) is 11.5 Å². The van der Waals surface area contributed by atoms with Crippen molar-refractivity contribution in [3.63, 3.8) is 0 Å². The van der Waals surface area contributed by atoms with Gasteiger partial charge in [-0.2, -0.15) is 4.98 Å². The normalized spacial score (nSPS) is 10.5. The second-order valence-electron chi connectivity index (χ2n) is 5.79. The largest absolute Gasteiger partial charge is 0.493 e. The number of carbonyl (C=O) groups is 1. The van der Waals surface area contributed by atoms with Gasteiger partial charge in [-0.25, -0.2) is 4.79 Å². The minimum atomic E-state index is -0.426. The molecule has 0 unspecified atom stereocenters. The van der Waals surface area contributed by atoms with E-state index in [-0.39, 0.29) is 6.61 Å². The molecule has 1 aromatic carbocycles. The molecular formula is C20H21N3O5. The molecule has 28 heavy (non-hydrogen) atoms. The van der Waals surface area contributed by atoms with Crippen molar-refractivity contribution in [3.8, 4) is 22.9 Å². The van der Waals surface area contributed by atoms with Gasteiger partial charge in [0.2, 0.25) is 11.7 Å². The zero-order valence-corrected chi connectivity index (χ0v) is 15.8. The van der Waals surface area contributed by atoms with Gasteiger partial charge in [-0.15, -0.1) is 0 Å². The van der Waals surface area contributed by atoms with E-state index in [0.29, 0.717) is 48.2 Å². The first-order valence-corrected chi connectivity index (χ1v) is 8.92. The summed E-state index contributed by atoms with van der Waals surface area (Å²) in [6.07, 6.45) is 4.42. The molecular weight excluding hydrogens is 362 g/mol. The monoisotopic (exact) mass is 383 g/mol. The Balaban J connectivity index is 1.49. The van der Waals surface area contributed by atoms with Gasteiger partial charge in [0, 0.05) is 24.4 Å². The van der Waals surface area contributed by atoms with Crippen molar-refractivity contribution in [1.82, 2.24) is 15.1 Å². The fourth-order valence-corrected chi connectivity index (χ4v) is 2.51. The van der Waals surface area contributed by atoms with Gasteiger partial charge in [-0.1, -0.05) is 5.16 Å². The number of pyridine rings is 1. The summed E-state index contributed by atoms with van der Waals surface area (Å²) in [5.74, 6) is 1.62. The van der Waals surface area contributed by atoms with Crippen molar-refractivity contribution in [2.24, 2.45) is 0 Å². The molecule has 146 valence electrons. The minimum absolute atomic E-state index is 0.236. The van der Waals surface area contributed by atoms with Gasteiger partial charge < -0.3 is 18.7 Å². The summed E-state index contributed by atoms with van der Waals surface area (Å²) in [5, 5.41) is 3.93. The molecule has 0 fully saturated rings. The number of nitrogens with zero attached hydrogens (tertiary/aromatic N) is 3. The molecule has 0 N–H and O–H groups in total. The van der Waals surface area contributed by atoms with Crippen molar-refractivity contribution in [2.75, 3.05) is 20.3 Å². The molecule has 0 saturated heterocycles. The lowest BCUT2D eigenvalue weighted by Gasteiger charge is -2.10. The topological polar surface area (TPSA) is 96.6 Å². The quantitative estimate of drug-likeness (QED) is 0.410. The van der Waals surface area contributed by atoms with Gasteiger partial charge in [-0.05, 0) is 43.7 Å². The van der Waals surface area contributed by atoms with Crippen LogP contribution in [-0.4, -0.2) is 41.4 Å². The number of rotatable bonds is 9. The SMILES string of the molecule is CCOc1cc(C(=O)OCCCc2nc(-c3cccnc3)no2)ccc1OC. The van der Waals surface area contributed by atoms with E-state index in [9.17, 15) is 4.79 Å². The third-order valence-electron chi connectivity index (χ3n) is 3.86. The maximum absolute atomic E-state index is 12.2. The Morgan fingerprint density at radius 3 is 2.86 bits per heavy atom. The smallest absolute Gasteiger partial charge is 0.338 e. The Morgan fingerprint density at radius 2 is 2.11 bits per heavy atom. The molecule has 3 aromatic rings. The van der Waals surface area contributed by atoms with Gasteiger partial charge >= 0.3 is 5.97 Å². The predicted molar refractivity (Wildman–Crippen MR) is 100 cm³/mol. The van der Waals surface area contributed by atoms with Crippen molar-refractivity contribution in [3.05, 3.63) is 54.2 Å². The average molecular weight is 383 g/mol. The number of ether oxygens (including phenoxy) is 3. The summed E-state index contributed by atoms with van der Waals surface area (Å²) in [6, 6.07) is 8.60. The highest BCUT2D eigenvalue weighted by Crippen LogP contribution is 2.28. The van der Waals surface area contributed by atoms with E-state index in [1.807, 2.05) is 13.0 Å². The van der Waals surface area contributed by atoms with Crippen LogP contribution in [0.25, 0.3) is 11.4 Å². The molecule has 0 bridgehead atoms. The summed E-state index contributed by atoms with van der Waals surface area (Å²) in [4.78, 5) is 20.6. The lowest BCUT2D eigenvalue weighted by atomic mass is 10.2. The van der Waals surface area contributed by atoms with Crippen LogP contribution in [0.15, 0.2) is 47.2 Å². The molecule has 0 aliphatic heterocycles. The Kier molecular flexibility index (Phi) is 6.56. The Bertz CT molecular complexity index is 911.